The van der Waals surface area contributed by atoms with Crippen LogP contribution in [0.5, 0.6) is 5.75 Å². The molecule has 0 spiro atoms. The smallest absolute Gasteiger partial charge is 0.118 e. The minimum atomic E-state index is -0.00405. The van der Waals surface area contributed by atoms with Gasteiger partial charge in [0.05, 0.1) is 11.4 Å². The van der Waals surface area contributed by atoms with Gasteiger partial charge >= 0.3 is 0 Å². The SMILES string of the molecule is COc1ccc(C(N)Cc2ccc(Cl)s2)cc1. The Balaban J connectivity index is 2.06. The normalized spacial score (nSPS) is 12.4. The first-order valence-electron chi connectivity index (χ1n) is 5.33. The second kappa shape index (κ2) is 5.54. The standard InChI is InChI=1S/C13H14ClNOS/c1-16-10-4-2-9(3-5-10)12(15)8-11-6-7-13(14)17-11/h2-7,12H,8,15H2,1H3. The van der Waals surface area contributed by atoms with Crippen molar-refractivity contribution in [2.24, 2.45) is 5.73 Å². The first-order valence-corrected chi connectivity index (χ1v) is 6.52. The molecule has 1 aromatic carbocycles. The van der Waals surface area contributed by atoms with Crippen LogP contribution < -0.4 is 10.5 Å². The maximum Gasteiger partial charge on any atom is 0.118 e. The Morgan fingerprint density at radius 1 is 1.24 bits per heavy atom. The highest BCUT2D eigenvalue weighted by Crippen LogP contribution is 2.26. The van der Waals surface area contributed by atoms with Crippen molar-refractivity contribution >= 4 is 22.9 Å². The van der Waals surface area contributed by atoms with Crippen molar-refractivity contribution < 1.29 is 4.74 Å². The lowest BCUT2D eigenvalue weighted by atomic mass is 10.0. The number of rotatable bonds is 4. The number of hydrogen-bond donors (Lipinski definition) is 1. The van der Waals surface area contributed by atoms with E-state index in [1.807, 2.05) is 36.4 Å². The Morgan fingerprint density at radius 2 is 1.94 bits per heavy atom. The Kier molecular flexibility index (Phi) is 4.05. The highest BCUT2D eigenvalue weighted by molar-refractivity contribution is 7.16. The molecule has 2 aromatic rings. The van der Waals surface area contributed by atoms with Crippen LogP contribution in [0.25, 0.3) is 0 Å². The summed E-state index contributed by atoms with van der Waals surface area (Å²) in [6, 6.07) is 11.8. The summed E-state index contributed by atoms with van der Waals surface area (Å²) in [6.45, 7) is 0. The summed E-state index contributed by atoms with van der Waals surface area (Å²) in [5.41, 5.74) is 7.26. The van der Waals surface area contributed by atoms with E-state index in [1.165, 1.54) is 4.88 Å². The van der Waals surface area contributed by atoms with Gasteiger partial charge in [0.15, 0.2) is 0 Å². The van der Waals surface area contributed by atoms with Gasteiger partial charge in [-0.2, -0.15) is 0 Å². The van der Waals surface area contributed by atoms with Gasteiger partial charge in [0.2, 0.25) is 0 Å². The topological polar surface area (TPSA) is 35.2 Å². The molecule has 0 bridgehead atoms. The Morgan fingerprint density at radius 3 is 2.47 bits per heavy atom. The lowest BCUT2D eigenvalue weighted by molar-refractivity contribution is 0.414. The first-order chi connectivity index (χ1) is 8.19. The van der Waals surface area contributed by atoms with Crippen LogP contribution in [0.1, 0.15) is 16.5 Å². The lowest BCUT2D eigenvalue weighted by Crippen LogP contribution is -2.12. The fraction of sp³-hybridized carbons (Fsp3) is 0.231. The third-order valence-electron chi connectivity index (χ3n) is 2.59. The van der Waals surface area contributed by atoms with Crippen LogP contribution >= 0.6 is 22.9 Å². The molecule has 0 saturated heterocycles. The number of hydrogen-bond acceptors (Lipinski definition) is 3. The highest BCUT2D eigenvalue weighted by atomic mass is 35.5. The molecule has 0 aliphatic carbocycles. The van der Waals surface area contributed by atoms with E-state index in [0.29, 0.717) is 0 Å². The monoisotopic (exact) mass is 267 g/mol. The van der Waals surface area contributed by atoms with Gasteiger partial charge in [0, 0.05) is 17.3 Å². The maximum atomic E-state index is 6.15. The fourth-order valence-corrected chi connectivity index (χ4v) is 2.79. The van der Waals surface area contributed by atoms with Gasteiger partial charge in [-0.05, 0) is 29.8 Å². The quantitative estimate of drug-likeness (QED) is 0.918. The Hall–Kier alpha value is -1.03. The van der Waals surface area contributed by atoms with Gasteiger partial charge in [-0.15, -0.1) is 11.3 Å². The number of methoxy groups -OCH3 is 1. The van der Waals surface area contributed by atoms with Gasteiger partial charge in [-0.1, -0.05) is 23.7 Å². The zero-order valence-electron chi connectivity index (χ0n) is 9.52. The van der Waals surface area contributed by atoms with E-state index in [9.17, 15) is 0 Å². The van der Waals surface area contributed by atoms with Gasteiger partial charge in [0.25, 0.3) is 0 Å². The van der Waals surface area contributed by atoms with Gasteiger partial charge in [0.1, 0.15) is 5.75 Å². The third kappa shape index (κ3) is 3.22. The van der Waals surface area contributed by atoms with E-state index in [4.69, 9.17) is 22.1 Å². The van der Waals surface area contributed by atoms with Crippen LogP contribution in [0.2, 0.25) is 4.34 Å². The predicted molar refractivity (Wildman–Crippen MR) is 73.0 cm³/mol. The minimum Gasteiger partial charge on any atom is -0.497 e. The summed E-state index contributed by atoms with van der Waals surface area (Å²) in [5.74, 6) is 0.847. The summed E-state index contributed by atoms with van der Waals surface area (Å²) < 4.78 is 5.92. The van der Waals surface area contributed by atoms with E-state index in [-0.39, 0.29) is 6.04 Å². The highest BCUT2D eigenvalue weighted by Gasteiger charge is 2.08. The number of thiophene rings is 1. The molecule has 2 N–H and O–H groups in total. The van der Waals surface area contributed by atoms with Crippen LogP contribution in [-0.2, 0) is 6.42 Å². The summed E-state index contributed by atoms with van der Waals surface area (Å²) in [5, 5.41) is 0. The van der Waals surface area contributed by atoms with Gasteiger partial charge in [-0.25, -0.2) is 0 Å². The average molecular weight is 268 g/mol. The van der Waals surface area contributed by atoms with E-state index < -0.39 is 0 Å². The molecular weight excluding hydrogens is 254 g/mol. The first kappa shape index (κ1) is 12.4. The molecule has 4 heteroatoms. The van der Waals surface area contributed by atoms with Crippen molar-refractivity contribution in [1.82, 2.24) is 0 Å². The average Bonchev–Trinajstić information content (AvgIpc) is 2.75. The van der Waals surface area contributed by atoms with E-state index in [0.717, 1.165) is 22.1 Å². The molecule has 2 nitrogen and oxygen atoms in total. The number of ether oxygens (including phenoxy) is 1. The van der Waals surface area contributed by atoms with Crippen LogP contribution in [0, 0.1) is 0 Å². The summed E-state index contributed by atoms with van der Waals surface area (Å²) in [4.78, 5) is 1.21. The number of nitrogens with two attached hydrogens (primary N) is 1. The Bertz CT molecular complexity index is 480. The van der Waals surface area contributed by atoms with Gasteiger partial charge < -0.3 is 10.5 Å². The van der Waals surface area contributed by atoms with E-state index in [1.54, 1.807) is 18.4 Å². The summed E-state index contributed by atoms with van der Waals surface area (Å²) in [7, 11) is 1.66. The second-order valence-electron chi connectivity index (χ2n) is 3.79. The van der Waals surface area contributed by atoms with Crippen LogP contribution in [0.3, 0.4) is 0 Å². The molecule has 0 radical (unpaired) electrons. The van der Waals surface area contributed by atoms with Gasteiger partial charge in [-0.3, -0.25) is 0 Å². The maximum absolute atomic E-state index is 6.15. The molecule has 2 rings (SSSR count). The van der Waals surface area contributed by atoms with Crippen molar-refractivity contribution in [1.29, 1.82) is 0 Å². The molecule has 0 aliphatic rings. The second-order valence-corrected chi connectivity index (χ2v) is 5.59. The van der Waals surface area contributed by atoms with Crippen LogP contribution in [-0.4, -0.2) is 7.11 Å². The molecule has 1 aromatic heterocycles. The molecule has 1 atom stereocenters. The molecule has 1 unspecified atom stereocenters. The van der Waals surface area contributed by atoms with Crippen LogP contribution in [0.4, 0.5) is 0 Å². The van der Waals surface area contributed by atoms with Crippen molar-refractivity contribution in [2.45, 2.75) is 12.5 Å². The molecule has 0 saturated carbocycles. The summed E-state index contributed by atoms with van der Waals surface area (Å²) in [6.07, 6.45) is 0.809. The van der Waals surface area contributed by atoms with Crippen molar-refractivity contribution in [3.05, 3.63) is 51.2 Å². The van der Waals surface area contributed by atoms with E-state index >= 15 is 0 Å². The third-order valence-corrected chi connectivity index (χ3v) is 3.85. The van der Waals surface area contributed by atoms with E-state index in [2.05, 4.69) is 0 Å². The lowest BCUT2D eigenvalue weighted by Gasteiger charge is -2.11. The molecule has 90 valence electrons. The number of halogens is 1. The summed E-state index contributed by atoms with van der Waals surface area (Å²) >= 11 is 7.47. The molecule has 1 heterocycles. The predicted octanol–water partition coefficient (Wildman–Crippen LogP) is 3.65. The Labute approximate surface area is 110 Å². The van der Waals surface area contributed by atoms with Crippen molar-refractivity contribution in [2.75, 3.05) is 7.11 Å². The zero-order valence-corrected chi connectivity index (χ0v) is 11.1. The molecule has 0 amide bonds. The molecule has 17 heavy (non-hydrogen) atoms. The minimum absolute atomic E-state index is 0.00405. The largest absolute Gasteiger partial charge is 0.497 e. The van der Waals surface area contributed by atoms with Crippen molar-refractivity contribution in [3.8, 4) is 5.75 Å². The fourth-order valence-electron chi connectivity index (χ4n) is 1.65. The molecular formula is C13H14ClNOS. The number of benzene rings is 1. The van der Waals surface area contributed by atoms with Crippen molar-refractivity contribution in [3.63, 3.8) is 0 Å². The molecule has 0 fully saturated rings. The van der Waals surface area contributed by atoms with Crippen LogP contribution in [0.15, 0.2) is 36.4 Å². The molecule has 0 aliphatic heterocycles. The zero-order chi connectivity index (χ0) is 12.3.